The number of hydrogen-bond acceptors (Lipinski definition) is 1. The van der Waals surface area contributed by atoms with E-state index in [1.165, 1.54) is 5.56 Å². The van der Waals surface area contributed by atoms with Crippen LogP contribution >= 0.6 is 27.5 Å². The smallest absolute Gasteiger partial charge is 0.118 e. The average molecular weight is 326 g/mol. The van der Waals surface area contributed by atoms with Crippen molar-refractivity contribution >= 4 is 27.5 Å². The molecule has 2 aromatic carbocycles. The van der Waals surface area contributed by atoms with Crippen molar-refractivity contribution in [2.75, 3.05) is 7.11 Å². The summed E-state index contributed by atoms with van der Waals surface area (Å²) in [5, 5.41) is 0.797. The van der Waals surface area contributed by atoms with E-state index in [1.54, 1.807) is 7.11 Å². The molecule has 2 aromatic rings. The lowest BCUT2D eigenvalue weighted by molar-refractivity contribution is 0.414. The van der Waals surface area contributed by atoms with Gasteiger partial charge < -0.3 is 4.74 Å². The molecule has 0 amide bonds. The summed E-state index contributed by atoms with van der Waals surface area (Å²) in [5.74, 6) is 0.861. The molecule has 0 radical (unpaired) electrons. The lowest BCUT2D eigenvalue weighted by atomic mass is 10.0. The van der Waals surface area contributed by atoms with Gasteiger partial charge in [-0.05, 0) is 41.8 Å². The van der Waals surface area contributed by atoms with Crippen molar-refractivity contribution in [2.24, 2.45) is 0 Å². The largest absolute Gasteiger partial charge is 0.497 e. The monoisotopic (exact) mass is 324 g/mol. The van der Waals surface area contributed by atoms with E-state index in [0.717, 1.165) is 21.9 Å². The van der Waals surface area contributed by atoms with Gasteiger partial charge in [-0.15, -0.1) is 0 Å². The Bertz CT molecular complexity index is 537. The zero-order valence-corrected chi connectivity index (χ0v) is 12.6. The molecule has 94 valence electrons. The summed E-state index contributed by atoms with van der Waals surface area (Å²) in [4.78, 5) is 0.140. The van der Waals surface area contributed by atoms with Crippen molar-refractivity contribution in [1.29, 1.82) is 0 Å². The van der Waals surface area contributed by atoms with E-state index < -0.39 is 0 Å². The van der Waals surface area contributed by atoms with Gasteiger partial charge in [-0.25, -0.2) is 0 Å². The molecule has 1 atom stereocenters. The number of ether oxygens (including phenoxy) is 1. The first-order valence-corrected chi connectivity index (χ1v) is 6.95. The second-order valence-electron chi connectivity index (χ2n) is 4.14. The Hall–Kier alpha value is -0.990. The van der Waals surface area contributed by atoms with Gasteiger partial charge in [0.1, 0.15) is 5.75 Å². The van der Waals surface area contributed by atoms with E-state index in [-0.39, 0.29) is 4.83 Å². The molecule has 0 fully saturated rings. The molecular formula is C15H14BrClO. The lowest BCUT2D eigenvalue weighted by Crippen LogP contribution is -1.93. The van der Waals surface area contributed by atoms with Crippen LogP contribution in [-0.2, 0) is 0 Å². The summed E-state index contributed by atoms with van der Waals surface area (Å²) in [5.41, 5.74) is 3.42. The third-order valence-corrected chi connectivity index (χ3v) is 4.36. The second-order valence-corrected chi connectivity index (χ2v) is 5.47. The maximum absolute atomic E-state index is 6.15. The van der Waals surface area contributed by atoms with E-state index in [2.05, 4.69) is 22.0 Å². The highest BCUT2D eigenvalue weighted by molar-refractivity contribution is 9.09. The van der Waals surface area contributed by atoms with Crippen molar-refractivity contribution < 1.29 is 4.74 Å². The predicted molar refractivity (Wildman–Crippen MR) is 80.0 cm³/mol. The maximum atomic E-state index is 6.15. The van der Waals surface area contributed by atoms with Gasteiger partial charge in [0.15, 0.2) is 0 Å². The van der Waals surface area contributed by atoms with Gasteiger partial charge in [0.2, 0.25) is 0 Å². The van der Waals surface area contributed by atoms with Crippen molar-refractivity contribution in [2.45, 2.75) is 11.8 Å². The van der Waals surface area contributed by atoms with Crippen LogP contribution in [0.3, 0.4) is 0 Å². The average Bonchev–Trinajstić information content (AvgIpc) is 2.41. The quantitative estimate of drug-likeness (QED) is 0.710. The molecule has 0 bridgehead atoms. The number of methoxy groups -OCH3 is 1. The van der Waals surface area contributed by atoms with E-state index in [4.69, 9.17) is 16.3 Å². The molecule has 0 heterocycles. The normalized spacial score (nSPS) is 12.2. The van der Waals surface area contributed by atoms with Crippen LogP contribution in [0.15, 0.2) is 42.5 Å². The number of halogens is 2. The van der Waals surface area contributed by atoms with Gasteiger partial charge in [-0.3, -0.25) is 0 Å². The molecule has 0 spiro atoms. The summed E-state index contributed by atoms with van der Waals surface area (Å²) in [7, 11) is 1.67. The van der Waals surface area contributed by atoms with Crippen LogP contribution < -0.4 is 4.74 Å². The summed E-state index contributed by atoms with van der Waals surface area (Å²) >= 11 is 9.85. The highest BCUT2D eigenvalue weighted by atomic mass is 79.9. The number of hydrogen-bond donors (Lipinski definition) is 0. The molecular weight excluding hydrogens is 312 g/mol. The number of rotatable bonds is 3. The standard InChI is InChI=1S/C15H14BrClO/c1-10-3-4-12(9-14(10)17)15(16)11-5-7-13(18-2)8-6-11/h3-9,15H,1-2H3. The fraction of sp³-hybridized carbons (Fsp3) is 0.200. The first kappa shape index (κ1) is 13.4. The van der Waals surface area contributed by atoms with Crippen LogP contribution in [0.1, 0.15) is 21.5 Å². The lowest BCUT2D eigenvalue weighted by Gasteiger charge is -2.12. The van der Waals surface area contributed by atoms with Crippen LogP contribution in [0.5, 0.6) is 5.75 Å². The van der Waals surface area contributed by atoms with Crippen molar-refractivity contribution in [1.82, 2.24) is 0 Å². The number of alkyl halides is 1. The highest BCUT2D eigenvalue weighted by Crippen LogP contribution is 2.33. The van der Waals surface area contributed by atoms with Gasteiger partial charge in [-0.1, -0.05) is 51.8 Å². The van der Waals surface area contributed by atoms with Crippen LogP contribution in [0, 0.1) is 6.92 Å². The number of benzene rings is 2. The van der Waals surface area contributed by atoms with E-state index in [1.807, 2.05) is 43.3 Å². The van der Waals surface area contributed by atoms with Gasteiger partial charge in [0.25, 0.3) is 0 Å². The summed E-state index contributed by atoms with van der Waals surface area (Å²) < 4.78 is 5.15. The van der Waals surface area contributed by atoms with E-state index >= 15 is 0 Å². The summed E-state index contributed by atoms with van der Waals surface area (Å²) in [6.45, 7) is 2.00. The molecule has 0 aliphatic rings. The molecule has 0 N–H and O–H groups in total. The minimum absolute atomic E-state index is 0.140. The van der Waals surface area contributed by atoms with Crippen LogP contribution in [0.2, 0.25) is 5.02 Å². The van der Waals surface area contributed by atoms with Gasteiger partial charge >= 0.3 is 0 Å². The minimum atomic E-state index is 0.140. The molecule has 1 nitrogen and oxygen atoms in total. The molecule has 0 saturated carbocycles. The van der Waals surface area contributed by atoms with Gasteiger partial charge in [0.05, 0.1) is 11.9 Å². The molecule has 0 aliphatic carbocycles. The first-order chi connectivity index (χ1) is 8.61. The Kier molecular flexibility index (Phi) is 4.31. The Morgan fingerprint density at radius 3 is 2.22 bits per heavy atom. The van der Waals surface area contributed by atoms with Crippen molar-refractivity contribution in [3.63, 3.8) is 0 Å². The number of aryl methyl sites for hydroxylation is 1. The molecule has 2 rings (SSSR count). The molecule has 0 saturated heterocycles. The Morgan fingerprint density at radius 1 is 1.06 bits per heavy atom. The van der Waals surface area contributed by atoms with Crippen LogP contribution in [0.4, 0.5) is 0 Å². The zero-order chi connectivity index (χ0) is 13.1. The Labute approximate surface area is 121 Å². The zero-order valence-electron chi connectivity index (χ0n) is 10.3. The fourth-order valence-corrected chi connectivity index (χ4v) is 2.51. The van der Waals surface area contributed by atoms with Crippen molar-refractivity contribution in [3.05, 3.63) is 64.2 Å². The van der Waals surface area contributed by atoms with Crippen LogP contribution in [-0.4, -0.2) is 7.11 Å². The Morgan fingerprint density at radius 2 is 1.67 bits per heavy atom. The Balaban J connectivity index is 2.28. The van der Waals surface area contributed by atoms with Crippen molar-refractivity contribution in [3.8, 4) is 5.75 Å². The summed E-state index contributed by atoms with van der Waals surface area (Å²) in [6.07, 6.45) is 0. The molecule has 3 heteroatoms. The van der Waals surface area contributed by atoms with Gasteiger partial charge in [-0.2, -0.15) is 0 Å². The predicted octanol–water partition coefficient (Wildman–Crippen LogP) is 5.14. The maximum Gasteiger partial charge on any atom is 0.118 e. The highest BCUT2D eigenvalue weighted by Gasteiger charge is 2.11. The third-order valence-electron chi connectivity index (χ3n) is 2.90. The second kappa shape index (κ2) is 5.77. The van der Waals surface area contributed by atoms with E-state index in [0.29, 0.717) is 0 Å². The fourth-order valence-electron chi connectivity index (χ4n) is 1.73. The SMILES string of the molecule is COc1ccc(C(Br)c2ccc(C)c(Cl)c2)cc1. The topological polar surface area (TPSA) is 9.23 Å². The molecule has 18 heavy (non-hydrogen) atoms. The minimum Gasteiger partial charge on any atom is -0.497 e. The van der Waals surface area contributed by atoms with Gasteiger partial charge in [0, 0.05) is 5.02 Å². The molecule has 1 unspecified atom stereocenters. The third kappa shape index (κ3) is 2.88. The first-order valence-electron chi connectivity index (χ1n) is 5.66. The molecule has 0 aromatic heterocycles. The molecule has 0 aliphatic heterocycles. The van der Waals surface area contributed by atoms with E-state index in [9.17, 15) is 0 Å². The summed E-state index contributed by atoms with van der Waals surface area (Å²) in [6, 6.07) is 14.1. The van der Waals surface area contributed by atoms with Crippen LogP contribution in [0.25, 0.3) is 0 Å².